The number of aryl methyl sites for hydroxylation is 1. The second-order valence-corrected chi connectivity index (χ2v) is 2.65. The van der Waals surface area contributed by atoms with Crippen LogP contribution >= 0.6 is 0 Å². The third-order valence-electron chi connectivity index (χ3n) is 1.49. The summed E-state index contributed by atoms with van der Waals surface area (Å²) in [5.74, 6) is 0. The Labute approximate surface area is 98.9 Å². The number of hydrogen-bond donors (Lipinski definition) is 0. The smallest absolute Gasteiger partial charge is 0.171 e. The van der Waals surface area contributed by atoms with Crippen LogP contribution in [0.3, 0.4) is 0 Å². The Morgan fingerprint density at radius 1 is 0.867 bits per heavy atom. The van der Waals surface area contributed by atoms with E-state index in [2.05, 4.69) is 34.7 Å². The molecule has 81 valence electrons. The Morgan fingerprint density at radius 3 is 1.53 bits per heavy atom. The van der Waals surface area contributed by atoms with Crippen molar-refractivity contribution in [2.75, 3.05) is 0 Å². The van der Waals surface area contributed by atoms with Gasteiger partial charge in [0.25, 0.3) is 0 Å². The van der Waals surface area contributed by atoms with Gasteiger partial charge in [-0.05, 0) is 0 Å². The van der Waals surface area contributed by atoms with Crippen LogP contribution in [-0.2, 0) is 19.5 Å². The van der Waals surface area contributed by atoms with Gasteiger partial charge in [0, 0.05) is 0 Å². The minimum Gasteiger partial charge on any atom is -0.184 e. The van der Waals surface area contributed by atoms with Crippen LogP contribution in [0.1, 0.15) is 5.56 Å². The predicted octanol–water partition coefficient (Wildman–Crippen LogP) is 3.16. The minimum absolute atomic E-state index is 1.29. The number of rotatable bonds is 0. The van der Waals surface area contributed by atoms with Crippen molar-refractivity contribution in [1.29, 1.82) is 0 Å². The molecule has 2 aromatic carbocycles. The molecule has 2 aromatic rings. The van der Waals surface area contributed by atoms with E-state index < -0.39 is 0 Å². The fourth-order valence-corrected chi connectivity index (χ4v) is 0.812. The van der Waals surface area contributed by atoms with Gasteiger partial charge in [-0.25, -0.2) is 0 Å². The van der Waals surface area contributed by atoms with E-state index in [4.69, 9.17) is 3.87 Å². The average molecular weight is 243 g/mol. The Bertz CT molecular complexity index is 294. The van der Waals surface area contributed by atoms with Crippen LogP contribution in [0.5, 0.6) is 0 Å². The Kier molecular flexibility index (Phi) is 9.92. The number of hydrogen-bond acceptors (Lipinski definition) is 1. The molecule has 0 heterocycles. The molecule has 0 aromatic heterocycles. The van der Waals surface area contributed by atoms with Gasteiger partial charge in [0.05, 0.1) is 0 Å². The van der Waals surface area contributed by atoms with Gasteiger partial charge in [-0.15, -0.1) is 0 Å². The van der Waals surface area contributed by atoms with Gasteiger partial charge >= 0.3 is 19.5 Å². The van der Waals surface area contributed by atoms with E-state index in [0.717, 1.165) is 0 Å². The van der Waals surface area contributed by atoms with Crippen molar-refractivity contribution in [3.63, 3.8) is 0 Å². The summed E-state index contributed by atoms with van der Waals surface area (Å²) in [6.07, 6.45) is 0. The fraction of sp³-hybridized carbons (Fsp3) is 0.0769. The molecule has 0 bridgehead atoms. The third-order valence-corrected chi connectivity index (χ3v) is 1.49. The van der Waals surface area contributed by atoms with Crippen LogP contribution in [0.25, 0.3) is 0 Å². The van der Waals surface area contributed by atoms with Gasteiger partial charge in [-0.2, -0.15) is 72.3 Å². The van der Waals surface area contributed by atoms with Crippen LogP contribution in [0.15, 0.2) is 54.6 Å². The molecular weight excluding hydrogens is 231 g/mol. The summed E-state index contributed by atoms with van der Waals surface area (Å²) >= 11 is 2.31. The number of benzene rings is 2. The zero-order valence-electron chi connectivity index (χ0n) is 8.44. The predicted molar refractivity (Wildman–Crippen MR) is 56.0 cm³/mol. The maximum absolute atomic E-state index is 7.94. The average Bonchev–Trinajstić information content (AvgIpc) is 2.36. The molecule has 15 heavy (non-hydrogen) atoms. The second-order valence-electron chi connectivity index (χ2n) is 2.65. The minimum atomic E-state index is 1.29. The van der Waals surface area contributed by atoms with Crippen LogP contribution in [0, 0.1) is 19.1 Å². The van der Waals surface area contributed by atoms with E-state index in [9.17, 15) is 0 Å². The molecule has 0 radical (unpaired) electrons. The maximum atomic E-state index is 7.94. The molecule has 0 unspecified atom stereocenters. The topological polar surface area (TPSA) is 17.1 Å². The van der Waals surface area contributed by atoms with Crippen molar-refractivity contribution in [3.8, 4) is 0 Å². The summed E-state index contributed by atoms with van der Waals surface area (Å²) in [6, 6.07) is 23.3. The van der Waals surface area contributed by atoms with Crippen molar-refractivity contribution >= 4 is 0 Å². The standard InChI is InChI=1S/C7H7.C6H5.Co.O/c1-7-5-3-2-4-6-7;1-2-4-6-5-3-1;;/h3-6H,1H3;1-5H;;/q2*-1;;. The SMILES string of the molecule is Cc1cc[c-]cc1.[O]=[Co].[c-]1ccccc1. The quantitative estimate of drug-likeness (QED) is 0.649. The fourth-order valence-electron chi connectivity index (χ4n) is 0.812. The van der Waals surface area contributed by atoms with Crippen molar-refractivity contribution in [3.05, 3.63) is 72.3 Å². The summed E-state index contributed by atoms with van der Waals surface area (Å²) < 4.78 is 7.94. The van der Waals surface area contributed by atoms with E-state index in [1.807, 2.05) is 54.6 Å². The molecule has 2 rings (SSSR count). The molecule has 0 saturated heterocycles. The summed E-state index contributed by atoms with van der Waals surface area (Å²) in [4.78, 5) is 0. The molecule has 0 aliphatic carbocycles. The molecule has 1 nitrogen and oxygen atoms in total. The molecule has 0 amide bonds. The van der Waals surface area contributed by atoms with Crippen molar-refractivity contribution in [2.45, 2.75) is 6.92 Å². The Hall–Kier alpha value is -1.25. The largest absolute Gasteiger partial charge is 0.184 e. The molecule has 0 atom stereocenters. The normalized spacial score (nSPS) is 7.60. The molecule has 0 fully saturated rings. The molecule has 0 aliphatic rings. The van der Waals surface area contributed by atoms with Crippen LogP contribution in [0.4, 0.5) is 0 Å². The van der Waals surface area contributed by atoms with E-state index >= 15 is 0 Å². The summed E-state index contributed by atoms with van der Waals surface area (Å²) in [6.45, 7) is 2.06. The molecule has 0 N–H and O–H groups in total. The van der Waals surface area contributed by atoms with E-state index in [1.54, 1.807) is 0 Å². The van der Waals surface area contributed by atoms with Gasteiger partial charge in [-0.3, -0.25) is 0 Å². The van der Waals surface area contributed by atoms with Crippen LogP contribution in [0.2, 0.25) is 0 Å². The summed E-state index contributed by atoms with van der Waals surface area (Å²) in [7, 11) is 0. The van der Waals surface area contributed by atoms with E-state index in [0.29, 0.717) is 0 Å². The van der Waals surface area contributed by atoms with Gasteiger partial charge < -0.3 is 0 Å². The van der Waals surface area contributed by atoms with Gasteiger partial charge in [0.15, 0.2) is 0 Å². The Balaban J connectivity index is 0.000000227. The van der Waals surface area contributed by atoms with Crippen LogP contribution < -0.4 is 0 Å². The third kappa shape index (κ3) is 9.06. The van der Waals surface area contributed by atoms with Gasteiger partial charge in [0.1, 0.15) is 0 Å². The maximum Gasteiger partial charge on any atom is -0.171 e. The zero-order valence-corrected chi connectivity index (χ0v) is 9.48. The van der Waals surface area contributed by atoms with E-state index in [1.165, 1.54) is 5.56 Å². The zero-order chi connectivity index (χ0) is 11.4. The molecule has 0 saturated carbocycles. The van der Waals surface area contributed by atoms with Crippen LogP contribution in [-0.4, -0.2) is 0 Å². The molecule has 0 spiro atoms. The molecular formula is C13H12CoO-2. The first-order chi connectivity index (χ1) is 7.39. The van der Waals surface area contributed by atoms with Crippen molar-refractivity contribution in [1.82, 2.24) is 0 Å². The summed E-state index contributed by atoms with van der Waals surface area (Å²) in [5, 5.41) is 0. The summed E-state index contributed by atoms with van der Waals surface area (Å²) in [5.41, 5.74) is 1.29. The molecule has 0 aliphatic heterocycles. The first kappa shape index (κ1) is 13.7. The Morgan fingerprint density at radius 2 is 1.33 bits per heavy atom. The van der Waals surface area contributed by atoms with Crippen molar-refractivity contribution in [2.24, 2.45) is 0 Å². The monoisotopic (exact) mass is 243 g/mol. The van der Waals surface area contributed by atoms with Gasteiger partial charge in [-0.1, -0.05) is 6.92 Å². The van der Waals surface area contributed by atoms with Gasteiger partial charge in [0.2, 0.25) is 0 Å². The first-order valence-corrected chi connectivity index (χ1v) is 4.79. The second kappa shape index (κ2) is 10.8. The van der Waals surface area contributed by atoms with E-state index in [-0.39, 0.29) is 0 Å². The van der Waals surface area contributed by atoms with Crippen molar-refractivity contribution < 1.29 is 19.5 Å². The molecule has 2 heteroatoms. The first-order valence-electron chi connectivity index (χ1n) is 4.37.